The van der Waals surface area contributed by atoms with Gasteiger partial charge < -0.3 is 15.0 Å². The molecule has 0 aromatic heterocycles. The largest absolute Gasteiger partial charge is 0.381 e. The van der Waals surface area contributed by atoms with Crippen molar-refractivity contribution in [2.24, 2.45) is 5.92 Å². The Balaban J connectivity index is 1.98. The van der Waals surface area contributed by atoms with Crippen molar-refractivity contribution in [2.75, 3.05) is 31.6 Å². The summed E-state index contributed by atoms with van der Waals surface area (Å²) in [6, 6.07) is 5.89. The first-order chi connectivity index (χ1) is 11.0. The predicted octanol–water partition coefficient (Wildman–Crippen LogP) is 2.52. The average molecular weight is 318 g/mol. The molecule has 1 saturated heterocycles. The van der Waals surface area contributed by atoms with Crippen molar-refractivity contribution in [3.05, 3.63) is 29.3 Å². The van der Waals surface area contributed by atoms with E-state index in [1.165, 1.54) is 0 Å². The van der Waals surface area contributed by atoms with E-state index in [9.17, 15) is 9.59 Å². The van der Waals surface area contributed by atoms with Gasteiger partial charge in [0.1, 0.15) is 0 Å². The maximum Gasteiger partial charge on any atom is 0.244 e. The van der Waals surface area contributed by atoms with E-state index in [0.717, 1.165) is 36.3 Å². The quantitative estimate of drug-likeness (QED) is 0.907. The van der Waals surface area contributed by atoms with E-state index in [-0.39, 0.29) is 24.3 Å². The van der Waals surface area contributed by atoms with E-state index in [2.05, 4.69) is 5.32 Å². The Bertz CT molecular complexity index is 545. The summed E-state index contributed by atoms with van der Waals surface area (Å²) in [6.45, 7) is 7.62. The van der Waals surface area contributed by atoms with Crippen molar-refractivity contribution < 1.29 is 14.3 Å². The van der Waals surface area contributed by atoms with Gasteiger partial charge in [-0.15, -0.1) is 0 Å². The lowest BCUT2D eigenvalue weighted by molar-refractivity contribution is -0.141. The zero-order valence-electron chi connectivity index (χ0n) is 14.2. The summed E-state index contributed by atoms with van der Waals surface area (Å²) in [7, 11) is 0. The number of hydrogen-bond acceptors (Lipinski definition) is 3. The van der Waals surface area contributed by atoms with E-state index in [4.69, 9.17) is 4.74 Å². The molecule has 1 fully saturated rings. The highest BCUT2D eigenvalue weighted by molar-refractivity contribution is 5.96. The number of aryl methyl sites for hydroxylation is 2. The van der Waals surface area contributed by atoms with Crippen LogP contribution in [0.3, 0.4) is 0 Å². The van der Waals surface area contributed by atoms with Crippen molar-refractivity contribution in [1.82, 2.24) is 4.90 Å². The molecule has 2 amide bonds. The maximum atomic E-state index is 12.5. The number of nitrogens with zero attached hydrogens (tertiary/aromatic N) is 1. The van der Waals surface area contributed by atoms with Crippen LogP contribution < -0.4 is 5.32 Å². The fourth-order valence-electron chi connectivity index (χ4n) is 2.90. The van der Waals surface area contributed by atoms with Crippen LogP contribution in [0.5, 0.6) is 0 Å². The van der Waals surface area contributed by atoms with Crippen LogP contribution in [-0.4, -0.2) is 43.0 Å². The summed E-state index contributed by atoms with van der Waals surface area (Å²) in [5.41, 5.74) is 2.88. The number of nitrogens with one attached hydrogen (secondary N) is 1. The van der Waals surface area contributed by atoms with Gasteiger partial charge in [0.15, 0.2) is 0 Å². The Morgan fingerprint density at radius 1 is 1.30 bits per heavy atom. The molecule has 1 aliphatic heterocycles. The first kappa shape index (κ1) is 17.5. The van der Waals surface area contributed by atoms with Crippen molar-refractivity contribution in [1.29, 1.82) is 0 Å². The Morgan fingerprint density at radius 3 is 2.57 bits per heavy atom. The Morgan fingerprint density at radius 2 is 2.00 bits per heavy atom. The normalized spacial score (nSPS) is 17.6. The molecular weight excluding hydrogens is 292 g/mol. The maximum absolute atomic E-state index is 12.5. The van der Waals surface area contributed by atoms with Gasteiger partial charge >= 0.3 is 0 Å². The second-order valence-electron chi connectivity index (χ2n) is 6.08. The van der Waals surface area contributed by atoms with E-state index in [0.29, 0.717) is 13.2 Å². The Labute approximate surface area is 138 Å². The standard InChI is InChI=1S/C18H26N2O3/c1-4-20(18(22)15-9-6-10-23-12-15)11-16(21)19-17-13(2)7-5-8-14(17)3/h5,7-8,15H,4,6,9-12H2,1-3H3,(H,19,21)/t15-/m1/s1. The first-order valence-electron chi connectivity index (χ1n) is 8.25. The average Bonchev–Trinajstić information content (AvgIpc) is 2.56. The van der Waals surface area contributed by atoms with E-state index >= 15 is 0 Å². The molecule has 2 rings (SSSR count). The molecule has 0 bridgehead atoms. The lowest BCUT2D eigenvalue weighted by Gasteiger charge is -2.28. The number of para-hydroxylation sites is 1. The lowest BCUT2D eigenvalue weighted by Crippen LogP contribution is -2.43. The molecule has 0 radical (unpaired) electrons. The number of amides is 2. The molecule has 0 aliphatic carbocycles. The Kier molecular flexibility index (Phi) is 6.16. The van der Waals surface area contributed by atoms with Gasteiger partial charge in [-0.3, -0.25) is 9.59 Å². The second-order valence-corrected chi connectivity index (χ2v) is 6.08. The molecule has 5 nitrogen and oxygen atoms in total. The van der Waals surface area contributed by atoms with Crippen LogP contribution in [0.4, 0.5) is 5.69 Å². The van der Waals surface area contributed by atoms with Crippen molar-refractivity contribution in [3.63, 3.8) is 0 Å². The van der Waals surface area contributed by atoms with Crippen molar-refractivity contribution in [2.45, 2.75) is 33.6 Å². The summed E-state index contributed by atoms with van der Waals surface area (Å²) < 4.78 is 5.38. The highest BCUT2D eigenvalue weighted by Crippen LogP contribution is 2.20. The summed E-state index contributed by atoms with van der Waals surface area (Å²) >= 11 is 0. The van der Waals surface area contributed by atoms with E-state index in [1.54, 1.807) is 4.90 Å². The SMILES string of the molecule is CCN(CC(=O)Nc1c(C)cccc1C)C(=O)[C@@H]1CCCOC1. The van der Waals surface area contributed by atoms with Gasteiger partial charge in [-0.05, 0) is 44.7 Å². The Hall–Kier alpha value is -1.88. The molecule has 1 aromatic carbocycles. The van der Waals surface area contributed by atoms with Gasteiger partial charge in [0, 0.05) is 18.8 Å². The van der Waals surface area contributed by atoms with Gasteiger partial charge in [0.05, 0.1) is 19.1 Å². The van der Waals surface area contributed by atoms with Gasteiger partial charge in [-0.25, -0.2) is 0 Å². The lowest BCUT2D eigenvalue weighted by atomic mass is 10.0. The van der Waals surface area contributed by atoms with Crippen LogP contribution in [0, 0.1) is 19.8 Å². The third-order valence-corrected chi connectivity index (χ3v) is 4.28. The molecule has 0 unspecified atom stereocenters. The predicted molar refractivity (Wildman–Crippen MR) is 90.3 cm³/mol. The topological polar surface area (TPSA) is 58.6 Å². The molecule has 1 N–H and O–H groups in total. The van der Waals surface area contributed by atoms with Crippen LogP contribution in [0.2, 0.25) is 0 Å². The number of benzene rings is 1. The molecule has 1 atom stereocenters. The monoisotopic (exact) mass is 318 g/mol. The molecule has 1 aliphatic rings. The highest BCUT2D eigenvalue weighted by Gasteiger charge is 2.27. The van der Waals surface area contributed by atoms with Crippen molar-refractivity contribution in [3.8, 4) is 0 Å². The number of likely N-dealkylation sites (N-methyl/N-ethyl adjacent to an activating group) is 1. The highest BCUT2D eigenvalue weighted by atomic mass is 16.5. The molecular formula is C18H26N2O3. The number of carbonyl (C=O) groups excluding carboxylic acids is 2. The van der Waals surface area contributed by atoms with Gasteiger partial charge in [-0.2, -0.15) is 0 Å². The van der Waals surface area contributed by atoms with Gasteiger partial charge in [-0.1, -0.05) is 18.2 Å². The number of hydrogen-bond donors (Lipinski definition) is 1. The molecule has 0 spiro atoms. The van der Waals surface area contributed by atoms with E-state index in [1.807, 2.05) is 39.0 Å². The zero-order valence-corrected chi connectivity index (χ0v) is 14.2. The number of ether oxygens (including phenoxy) is 1. The van der Waals surface area contributed by atoms with E-state index < -0.39 is 0 Å². The molecule has 1 heterocycles. The molecule has 0 saturated carbocycles. The minimum absolute atomic E-state index is 0.0175. The summed E-state index contributed by atoms with van der Waals surface area (Å²) in [5.74, 6) is -0.255. The minimum atomic E-state index is -0.158. The van der Waals surface area contributed by atoms with Crippen LogP contribution in [-0.2, 0) is 14.3 Å². The molecule has 1 aromatic rings. The van der Waals surface area contributed by atoms with Crippen molar-refractivity contribution >= 4 is 17.5 Å². The van der Waals surface area contributed by atoms with Crippen LogP contribution in [0.15, 0.2) is 18.2 Å². The van der Waals surface area contributed by atoms with Gasteiger partial charge in [0.2, 0.25) is 11.8 Å². The van der Waals surface area contributed by atoms with Crippen LogP contribution in [0.25, 0.3) is 0 Å². The smallest absolute Gasteiger partial charge is 0.244 e. The second kappa shape index (κ2) is 8.11. The third kappa shape index (κ3) is 4.55. The fraction of sp³-hybridized carbons (Fsp3) is 0.556. The summed E-state index contributed by atoms with van der Waals surface area (Å²) in [6.07, 6.45) is 1.75. The van der Waals surface area contributed by atoms with Crippen LogP contribution >= 0.6 is 0 Å². The fourth-order valence-corrected chi connectivity index (χ4v) is 2.90. The molecule has 23 heavy (non-hydrogen) atoms. The van der Waals surface area contributed by atoms with Gasteiger partial charge in [0.25, 0.3) is 0 Å². The molecule has 5 heteroatoms. The third-order valence-electron chi connectivity index (χ3n) is 4.28. The zero-order chi connectivity index (χ0) is 16.8. The van der Waals surface area contributed by atoms with Crippen LogP contribution in [0.1, 0.15) is 30.9 Å². The number of carbonyl (C=O) groups is 2. The summed E-state index contributed by atoms with van der Waals surface area (Å²) in [4.78, 5) is 26.5. The minimum Gasteiger partial charge on any atom is -0.381 e. The molecule has 126 valence electrons. The number of rotatable bonds is 5. The first-order valence-corrected chi connectivity index (χ1v) is 8.25. The number of anilines is 1. The summed E-state index contributed by atoms with van der Waals surface area (Å²) in [5, 5.41) is 2.94.